The van der Waals surface area contributed by atoms with Crippen LogP contribution in [0.3, 0.4) is 0 Å². The van der Waals surface area contributed by atoms with Crippen LogP contribution in [0.25, 0.3) is 0 Å². The van der Waals surface area contributed by atoms with Crippen molar-refractivity contribution in [3.63, 3.8) is 0 Å². The van der Waals surface area contributed by atoms with Gasteiger partial charge in [-0.3, -0.25) is 9.59 Å². The lowest BCUT2D eigenvalue weighted by Crippen LogP contribution is -2.27. The minimum absolute atomic E-state index is 0.0351. The molecular weight excluding hydrogens is 478 g/mol. The highest BCUT2D eigenvalue weighted by molar-refractivity contribution is 9.10. The summed E-state index contributed by atoms with van der Waals surface area (Å²) in [5.74, 6) is 0.591. The van der Waals surface area contributed by atoms with Gasteiger partial charge in [-0.05, 0) is 29.3 Å². The second-order valence-corrected chi connectivity index (χ2v) is 9.15. The monoisotopic (exact) mass is 499 g/mol. The van der Waals surface area contributed by atoms with E-state index < -0.39 is 0 Å². The number of allylic oxidation sites excluding steroid dienone is 2. The molecular formula is C28H22BrNO3. The summed E-state index contributed by atoms with van der Waals surface area (Å²) in [6.07, 6.45) is 2.10. The predicted molar refractivity (Wildman–Crippen MR) is 130 cm³/mol. The first-order valence-corrected chi connectivity index (χ1v) is 11.7. The standard InChI is InChI=1S/C28H22BrNO3/c29-22-13-11-20(12-14-22)24-15-23(16-26(31)21-9-5-2-6-10-21)33-27-25(24)18-30(28(27)32)17-19-7-3-1-4-8-19/h1-15,24H,16-18H2/t24-/m1/s1. The normalized spacial score (nSPS) is 17.5. The molecule has 0 saturated heterocycles. The van der Waals surface area contributed by atoms with E-state index >= 15 is 0 Å². The Hall–Kier alpha value is -3.44. The van der Waals surface area contributed by atoms with Crippen LogP contribution in [0, 0.1) is 0 Å². The first-order chi connectivity index (χ1) is 16.1. The van der Waals surface area contributed by atoms with Gasteiger partial charge in [-0.1, -0.05) is 88.7 Å². The fraction of sp³-hybridized carbons (Fsp3) is 0.143. The number of Topliss-reactive ketones (excluding diaryl/α,β-unsaturated/α-hetero) is 1. The molecule has 0 N–H and O–H groups in total. The molecule has 164 valence electrons. The molecule has 3 aromatic carbocycles. The fourth-order valence-corrected chi connectivity index (χ4v) is 4.57. The number of hydrogen-bond donors (Lipinski definition) is 0. The quantitative estimate of drug-likeness (QED) is 0.389. The van der Waals surface area contributed by atoms with E-state index in [9.17, 15) is 9.59 Å². The van der Waals surface area contributed by atoms with E-state index in [1.807, 2.05) is 83.8 Å². The number of ketones is 1. The summed E-state index contributed by atoms with van der Waals surface area (Å²) in [5.41, 5.74) is 3.70. The molecule has 0 bridgehead atoms. The second-order valence-electron chi connectivity index (χ2n) is 8.23. The van der Waals surface area contributed by atoms with Gasteiger partial charge in [-0.25, -0.2) is 0 Å². The number of hydrogen-bond acceptors (Lipinski definition) is 3. The van der Waals surface area contributed by atoms with Crippen molar-refractivity contribution in [2.75, 3.05) is 6.54 Å². The lowest BCUT2D eigenvalue weighted by Gasteiger charge is -2.23. The Labute approximate surface area is 201 Å². The lowest BCUT2D eigenvalue weighted by atomic mass is 9.88. The highest BCUT2D eigenvalue weighted by atomic mass is 79.9. The highest BCUT2D eigenvalue weighted by Crippen LogP contribution is 2.40. The topological polar surface area (TPSA) is 46.6 Å². The zero-order chi connectivity index (χ0) is 22.8. The molecule has 0 fully saturated rings. The highest BCUT2D eigenvalue weighted by Gasteiger charge is 2.39. The van der Waals surface area contributed by atoms with Crippen LogP contribution >= 0.6 is 15.9 Å². The van der Waals surface area contributed by atoms with Gasteiger partial charge in [0.2, 0.25) is 0 Å². The second kappa shape index (κ2) is 9.20. The van der Waals surface area contributed by atoms with Crippen molar-refractivity contribution in [3.05, 3.63) is 129 Å². The fourth-order valence-electron chi connectivity index (χ4n) is 4.31. The molecule has 5 rings (SSSR count). The van der Waals surface area contributed by atoms with Crippen LogP contribution < -0.4 is 0 Å². The zero-order valence-corrected chi connectivity index (χ0v) is 19.5. The molecule has 1 amide bonds. The molecule has 2 aliphatic heterocycles. The summed E-state index contributed by atoms with van der Waals surface area (Å²) in [6, 6.07) is 27.2. The molecule has 0 aliphatic carbocycles. The number of rotatable bonds is 6. The average Bonchev–Trinajstić information content (AvgIpc) is 3.15. The smallest absolute Gasteiger partial charge is 0.290 e. The van der Waals surface area contributed by atoms with Crippen LogP contribution in [-0.4, -0.2) is 23.1 Å². The minimum atomic E-state index is -0.131. The van der Waals surface area contributed by atoms with Crippen molar-refractivity contribution < 1.29 is 14.3 Å². The SMILES string of the molecule is O=C(CC1=C[C@H](c2ccc(Br)cc2)C2=C(O1)C(=O)N(Cc1ccccc1)C2)c1ccccc1. The number of halogens is 1. The summed E-state index contributed by atoms with van der Waals surface area (Å²) >= 11 is 3.49. The maximum atomic E-state index is 13.3. The molecule has 1 atom stereocenters. The van der Waals surface area contributed by atoms with Crippen LogP contribution in [0.15, 0.2) is 113 Å². The Morgan fingerprint density at radius 3 is 2.30 bits per heavy atom. The van der Waals surface area contributed by atoms with Gasteiger partial charge in [0.25, 0.3) is 5.91 Å². The van der Waals surface area contributed by atoms with Crippen LogP contribution in [-0.2, 0) is 16.1 Å². The molecule has 0 radical (unpaired) electrons. The summed E-state index contributed by atoms with van der Waals surface area (Å²) in [5, 5.41) is 0. The number of carbonyl (C=O) groups is 2. The van der Waals surface area contributed by atoms with Gasteiger partial charge in [0.05, 0.1) is 6.42 Å². The van der Waals surface area contributed by atoms with Crippen molar-refractivity contribution in [3.8, 4) is 0 Å². The Morgan fingerprint density at radius 2 is 1.61 bits per heavy atom. The first kappa shape index (κ1) is 21.4. The molecule has 0 unspecified atom stereocenters. The Balaban J connectivity index is 1.44. The first-order valence-electron chi connectivity index (χ1n) is 10.9. The summed E-state index contributed by atoms with van der Waals surface area (Å²) < 4.78 is 7.07. The lowest BCUT2D eigenvalue weighted by molar-refractivity contribution is -0.128. The number of benzene rings is 3. The number of ether oxygens (including phenoxy) is 1. The van der Waals surface area contributed by atoms with Crippen molar-refractivity contribution >= 4 is 27.6 Å². The molecule has 0 spiro atoms. The third-order valence-corrected chi connectivity index (χ3v) is 6.50. The van der Waals surface area contributed by atoms with Crippen molar-refractivity contribution in [1.82, 2.24) is 4.90 Å². The molecule has 0 saturated carbocycles. The third kappa shape index (κ3) is 4.55. The van der Waals surface area contributed by atoms with Crippen molar-refractivity contribution in [2.45, 2.75) is 18.9 Å². The van der Waals surface area contributed by atoms with E-state index in [0.717, 1.165) is 21.2 Å². The van der Waals surface area contributed by atoms with E-state index in [1.165, 1.54) is 0 Å². The van der Waals surface area contributed by atoms with Crippen molar-refractivity contribution in [1.29, 1.82) is 0 Å². The largest absolute Gasteiger partial charge is 0.456 e. The average molecular weight is 500 g/mol. The molecule has 33 heavy (non-hydrogen) atoms. The molecule has 2 aliphatic rings. The maximum absolute atomic E-state index is 13.3. The maximum Gasteiger partial charge on any atom is 0.290 e. The van der Waals surface area contributed by atoms with Crippen LogP contribution in [0.5, 0.6) is 0 Å². The Kier molecular flexibility index (Phi) is 5.97. The Morgan fingerprint density at radius 1 is 0.939 bits per heavy atom. The van der Waals surface area contributed by atoms with E-state index in [0.29, 0.717) is 30.2 Å². The molecule has 3 aromatic rings. The minimum Gasteiger partial charge on any atom is -0.456 e. The van der Waals surface area contributed by atoms with Crippen molar-refractivity contribution in [2.24, 2.45) is 0 Å². The number of nitrogens with zero attached hydrogens (tertiary/aromatic N) is 1. The summed E-state index contributed by atoms with van der Waals surface area (Å²) in [4.78, 5) is 27.9. The van der Waals surface area contributed by atoms with Gasteiger partial charge in [0.1, 0.15) is 5.76 Å². The number of amides is 1. The van der Waals surface area contributed by atoms with Crippen LogP contribution in [0.2, 0.25) is 0 Å². The number of carbonyl (C=O) groups excluding carboxylic acids is 2. The van der Waals surface area contributed by atoms with Gasteiger partial charge >= 0.3 is 0 Å². The molecule has 5 heteroatoms. The van der Waals surface area contributed by atoms with Crippen LogP contribution in [0.1, 0.15) is 33.8 Å². The summed E-state index contributed by atoms with van der Waals surface area (Å²) in [7, 11) is 0. The van der Waals surface area contributed by atoms with E-state index in [4.69, 9.17) is 4.74 Å². The van der Waals surface area contributed by atoms with Gasteiger partial charge in [0.15, 0.2) is 11.5 Å². The molecule has 2 heterocycles. The zero-order valence-electron chi connectivity index (χ0n) is 17.9. The Bertz CT molecular complexity index is 1250. The predicted octanol–water partition coefficient (Wildman–Crippen LogP) is 6.02. The van der Waals surface area contributed by atoms with E-state index in [1.54, 1.807) is 12.1 Å². The van der Waals surface area contributed by atoms with Crippen LogP contribution in [0.4, 0.5) is 0 Å². The summed E-state index contributed by atoms with van der Waals surface area (Å²) in [6.45, 7) is 1.02. The van der Waals surface area contributed by atoms with Gasteiger partial charge in [0, 0.05) is 34.6 Å². The molecule has 0 aromatic heterocycles. The van der Waals surface area contributed by atoms with E-state index in [-0.39, 0.29) is 24.0 Å². The van der Waals surface area contributed by atoms with Gasteiger partial charge in [-0.15, -0.1) is 0 Å². The van der Waals surface area contributed by atoms with Gasteiger partial charge < -0.3 is 9.64 Å². The molecule has 4 nitrogen and oxygen atoms in total. The van der Waals surface area contributed by atoms with Gasteiger partial charge in [-0.2, -0.15) is 0 Å². The third-order valence-electron chi connectivity index (χ3n) is 5.97. The van der Waals surface area contributed by atoms with E-state index in [2.05, 4.69) is 15.9 Å².